The Kier molecular flexibility index (Phi) is 21.6. The summed E-state index contributed by atoms with van der Waals surface area (Å²) in [6.45, 7) is 12.5. The highest BCUT2D eigenvalue weighted by atomic mass is 31.1. The quantitative estimate of drug-likeness (QED) is 0.115. The van der Waals surface area contributed by atoms with Crippen molar-refractivity contribution in [2.75, 3.05) is 37.7 Å². The van der Waals surface area contributed by atoms with Crippen LogP contribution in [0.2, 0.25) is 0 Å². The van der Waals surface area contributed by atoms with Gasteiger partial charge in [0.1, 0.15) is 0 Å². The van der Waals surface area contributed by atoms with Crippen LogP contribution < -0.4 is 5.32 Å². The van der Waals surface area contributed by atoms with Gasteiger partial charge in [-0.3, -0.25) is 0 Å². The first-order valence-electron chi connectivity index (χ1n) is 23.9. The fraction of sp³-hybridized carbons (Fsp3) is 1.00. The molecule has 0 aromatic carbocycles. The van der Waals surface area contributed by atoms with Crippen LogP contribution in [-0.4, -0.2) is 83.0 Å². The van der Waals surface area contributed by atoms with Crippen molar-refractivity contribution in [3.05, 3.63) is 0 Å². The van der Waals surface area contributed by atoms with Crippen molar-refractivity contribution in [1.82, 2.24) is 5.32 Å². The summed E-state index contributed by atoms with van der Waals surface area (Å²) in [4.78, 5) is 0. The largest absolute Gasteiger partial charge is 0.316 e. The minimum Gasteiger partial charge on any atom is -0.316 e. The van der Waals surface area contributed by atoms with E-state index in [0.717, 1.165) is 45.3 Å². The van der Waals surface area contributed by atoms with Crippen LogP contribution in [0.5, 0.6) is 0 Å². The first-order chi connectivity index (χ1) is 25.2. The SMILES string of the molecule is C1CCC(P(CCNCCP(C2CCCCC2)C2CCCCC2)C2CCCCC2)CC1.CC[C@H]1CC[C@H](CC)P1CCP1[C@@H](CC)CC[C@@H]1CC. The van der Waals surface area contributed by atoms with E-state index in [9.17, 15) is 0 Å². The van der Waals surface area contributed by atoms with E-state index >= 15 is 0 Å². The van der Waals surface area contributed by atoms with Gasteiger partial charge < -0.3 is 5.32 Å². The maximum Gasteiger partial charge on any atom is -0.000916 e. The molecule has 4 saturated carbocycles. The zero-order chi connectivity index (χ0) is 35.7. The molecule has 0 aromatic rings. The van der Waals surface area contributed by atoms with Crippen LogP contribution in [0.1, 0.15) is 207 Å². The monoisotopic (exact) mass is 780 g/mol. The molecule has 51 heavy (non-hydrogen) atoms. The third-order valence-corrected chi connectivity index (χ3v) is 30.7. The Morgan fingerprint density at radius 2 is 0.627 bits per heavy atom. The molecular formula is C46H89NP4. The van der Waals surface area contributed by atoms with E-state index in [2.05, 4.69) is 33.0 Å². The normalized spacial score (nSPS) is 30.0. The van der Waals surface area contributed by atoms with Crippen molar-refractivity contribution in [3.63, 3.8) is 0 Å². The summed E-state index contributed by atoms with van der Waals surface area (Å²) in [5, 5.41) is 4.04. The number of nitrogens with one attached hydrogen (secondary N) is 1. The van der Waals surface area contributed by atoms with Gasteiger partial charge in [0.15, 0.2) is 0 Å². The molecule has 0 bridgehead atoms. The van der Waals surface area contributed by atoms with E-state index in [0.29, 0.717) is 15.8 Å². The Labute approximate surface area is 326 Å². The molecule has 4 atom stereocenters. The van der Waals surface area contributed by atoms with Gasteiger partial charge in [-0.25, -0.2) is 0 Å². The summed E-state index contributed by atoms with van der Waals surface area (Å²) in [5.74, 6) is 0. The third kappa shape index (κ3) is 13.6. The van der Waals surface area contributed by atoms with Gasteiger partial charge in [0.25, 0.3) is 0 Å². The Bertz CT molecular complexity index is 746. The predicted molar refractivity (Wildman–Crippen MR) is 242 cm³/mol. The summed E-state index contributed by atoms with van der Waals surface area (Å²) < 4.78 is 0. The standard InChI is InChI=1S/C28H53NP2.C18H36P2/c1-5-13-25(14-6-1)30(26-15-7-2-8-16-26)23-21-29-22-24-31(27-17-9-3-10-18-27)28-19-11-4-12-20-28;1-5-15-9-10-16(6-2)19(15)13-14-20-17(7-3)11-12-18(20)8-4/h25-29H,1-24H2;15-18H,5-14H2,1-4H3/t;15-,16-,17-,18-/m.0/s1. The highest BCUT2D eigenvalue weighted by Crippen LogP contribution is 2.63. The second-order valence-corrected chi connectivity index (χ2v) is 30.0. The van der Waals surface area contributed by atoms with E-state index in [1.165, 1.54) is 116 Å². The van der Waals surface area contributed by atoms with E-state index in [4.69, 9.17) is 0 Å². The second-order valence-electron chi connectivity index (χ2n) is 18.3. The fourth-order valence-electron chi connectivity index (χ4n) is 12.3. The van der Waals surface area contributed by atoms with Crippen molar-refractivity contribution in [2.45, 2.75) is 253 Å². The topological polar surface area (TPSA) is 12.0 Å². The Morgan fingerprint density at radius 1 is 0.373 bits per heavy atom. The molecule has 6 aliphatic rings. The molecule has 6 fully saturated rings. The molecule has 1 N–H and O–H groups in total. The molecule has 2 saturated heterocycles. The van der Waals surface area contributed by atoms with Gasteiger partial charge in [-0.05, 0) is 186 Å². The molecule has 1 nitrogen and oxygen atoms in total. The van der Waals surface area contributed by atoms with E-state index < -0.39 is 0 Å². The Hall–Kier alpha value is 1.68. The molecule has 5 heteroatoms. The lowest BCUT2D eigenvalue weighted by atomic mass is 9.99. The average Bonchev–Trinajstić information content (AvgIpc) is 3.81. The lowest BCUT2D eigenvalue weighted by molar-refractivity contribution is 0.482. The smallest absolute Gasteiger partial charge is 0.000916 e. The van der Waals surface area contributed by atoms with Crippen molar-refractivity contribution >= 4 is 31.7 Å². The van der Waals surface area contributed by atoms with Crippen LogP contribution in [0.4, 0.5) is 0 Å². The lowest BCUT2D eigenvalue weighted by Crippen LogP contribution is -2.29. The summed E-state index contributed by atoms with van der Waals surface area (Å²) in [6.07, 6.45) is 49.5. The zero-order valence-electron chi connectivity index (χ0n) is 34.9. The lowest BCUT2D eigenvalue weighted by Gasteiger charge is -2.39. The van der Waals surface area contributed by atoms with Crippen LogP contribution in [0, 0.1) is 0 Å². The summed E-state index contributed by atoms with van der Waals surface area (Å²) in [5.41, 5.74) is 9.07. The van der Waals surface area contributed by atoms with Gasteiger partial charge in [0.05, 0.1) is 0 Å². The van der Waals surface area contributed by atoms with Gasteiger partial charge >= 0.3 is 0 Å². The molecule has 0 radical (unpaired) electrons. The molecule has 298 valence electrons. The van der Waals surface area contributed by atoms with Crippen LogP contribution in [0.25, 0.3) is 0 Å². The molecule has 0 aromatic heterocycles. The summed E-state index contributed by atoms with van der Waals surface area (Å²) >= 11 is 0. The van der Waals surface area contributed by atoms with Gasteiger partial charge in [0, 0.05) is 0 Å². The van der Waals surface area contributed by atoms with Crippen LogP contribution in [0.3, 0.4) is 0 Å². The molecule has 0 spiro atoms. The number of hydrogen-bond acceptors (Lipinski definition) is 1. The van der Waals surface area contributed by atoms with Crippen LogP contribution in [-0.2, 0) is 0 Å². The molecule has 6 rings (SSSR count). The summed E-state index contributed by atoms with van der Waals surface area (Å²) in [7, 11) is 1.34. The minimum atomic E-state index is 0.290. The highest BCUT2D eigenvalue weighted by Gasteiger charge is 2.37. The third-order valence-electron chi connectivity index (χ3n) is 15.3. The van der Waals surface area contributed by atoms with Crippen molar-refractivity contribution in [1.29, 1.82) is 0 Å². The van der Waals surface area contributed by atoms with Gasteiger partial charge in [-0.15, -0.1) is 15.8 Å². The maximum absolute atomic E-state index is 4.04. The van der Waals surface area contributed by atoms with Gasteiger partial charge in [-0.2, -0.15) is 0 Å². The van der Waals surface area contributed by atoms with E-state index in [1.807, 2.05) is 0 Å². The average molecular weight is 780 g/mol. The first-order valence-corrected chi connectivity index (χ1v) is 30.6. The summed E-state index contributed by atoms with van der Waals surface area (Å²) in [6, 6.07) is 0. The van der Waals surface area contributed by atoms with Crippen molar-refractivity contribution < 1.29 is 0 Å². The Balaban J connectivity index is 0.000000218. The zero-order valence-corrected chi connectivity index (χ0v) is 38.5. The number of hydrogen-bond donors (Lipinski definition) is 1. The second kappa shape index (κ2) is 25.1. The van der Waals surface area contributed by atoms with E-state index in [1.54, 1.807) is 102 Å². The maximum atomic E-state index is 4.04. The Morgan fingerprint density at radius 3 is 0.863 bits per heavy atom. The molecular weight excluding hydrogens is 690 g/mol. The molecule has 0 unspecified atom stereocenters. The van der Waals surface area contributed by atoms with Gasteiger partial charge in [0.2, 0.25) is 0 Å². The number of rotatable bonds is 17. The minimum absolute atomic E-state index is 0.290. The predicted octanol–water partition coefficient (Wildman–Crippen LogP) is 15.5. The van der Waals surface area contributed by atoms with Crippen LogP contribution in [0.15, 0.2) is 0 Å². The molecule has 4 aliphatic carbocycles. The van der Waals surface area contributed by atoms with E-state index in [-0.39, 0.29) is 15.8 Å². The van der Waals surface area contributed by atoms with Crippen molar-refractivity contribution in [3.8, 4) is 0 Å². The molecule has 2 aliphatic heterocycles. The van der Waals surface area contributed by atoms with Gasteiger partial charge in [-0.1, -0.05) is 121 Å². The first kappa shape index (κ1) is 43.8. The highest BCUT2D eigenvalue weighted by molar-refractivity contribution is 7.63. The fourth-order valence-corrected chi connectivity index (χ4v) is 28.2. The van der Waals surface area contributed by atoms with Crippen molar-refractivity contribution in [2.24, 2.45) is 0 Å². The molecule has 2 heterocycles. The molecule has 0 amide bonds. The van der Waals surface area contributed by atoms with Crippen LogP contribution >= 0.6 is 31.7 Å².